The first-order valence-corrected chi connectivity index (χ1v) is 11.0. The molecule has 0 bridgehead atoms. The molecule has 0 fully saturated rings. The standard InChI is InChI=1S/C25H21N3O3S/c1-28-22(15-8-4-3-5-9-15)21(17-10-6-7-11-18(17)24(28)30)23(29)27-25-26-19-13-12-16(31-2)14-20(19)32-25/h3-14,21-22H,1-2H3,(H,26,27,29)/t21-,22+/m1/s1. The summed E-state index contributed by atoms with van der Waals surface area (Å²) in [5.41, 5.74) is 2.98. The molecule has 2 atom stereocenters. The number of ether oxygens (including phenoxy) is 1. The van der Waals surface area contributed by atoms with Gasteiger partial charge in [-0.15, -0.1) is 0 Å². The number of carbonyl (C=O) groups is 2. The molecule has 7 heteroatoms. The average Bonchev–Trinajstić information content (AvgIpc) is 3.22. The van der Waals surface area contributed by atoms with Gasteiger partial charge in [0.2, 0.25) is 5.91 Å². The first-order chi connectivity index (χ1) is 15.6. The molecule has 3 aromatic carbocycles. The van der Waals surface area contributed by atoms with Crippen LogP contribution in [-0.4, -0.2) is 35.9 Å². The fourth-order valence-corrected chi connectivity index (χ4v) is 5.19. The van der Waals surface area contributed by atoms with E-state index >= 15 is 0 Å². The van der Waals surface area contributed by atoms with Gasteiger partial charge < -0.3 is 15.0 Å². The highest BCUT2D eigenvalue weighted by Gasteiger charge is 2.42. The molecule has 0 unspecified atom stereocenters. The summed E-state index contributed by atoms with van der Waals surface area (Å²) in [5, 5.41) is 3.52. The summed E-state index contributed by atoms with van der Waals surface area (Å²) >= 11 is 1.40. The predicted molar refractivity (Wildman–Crippen MR) is 125 cm³/mol. The third-order valence-electron chi connectivity index (χ3n) is 5.83. The van der Waals surface area contributed by atoms with Crippen LogP contribution in [0.4, 0.5) is 5.13 Å². The zero-order valence-corrected chi connectivity index (χ0v) is 18.4. The van der Waals surface area contributed by atoms with Gasteiger partial charge >= 0.3 is 0 Å². The molecule has 1 aromatic heterocycles. The molecule has 160 valence electrons. The Hall–Kier alpha value is -3.71. The van der Waals surface area contributed by atoms with E-state index in [-0.39, 0.29) is 11.8 Å². The first kappa shape index (κ1) is 20.2. The highest BCUT2D eigenvalue weighted by Crippen LogP contribution is 2.42. The molecule has 0 aliphatic carbocycles. The van der Waals surface area contributed by atoms with E-state index in [0.717, 1.165) is 27.1 Å². The molecule has 32 heavy (non-hydrogen) atoms. The van der Waals surface area contributed by atoms with Crippen molar-refractivity contribution in [1.82, 2.24) is 9.88 Å². The summed E-state index contributed by atoms with van der Waals surface area (Å²) < 4.78 is 6.21. The second kappa shape index (κ2) is 8.09. The van der Waals surface area contributed by atoms with Gasteiger partial charge in [0.05, 0.1) is 29.3 Å². The molecule has 1 aliphatic heterocycles. The van der Waals surface area contributed by atoms with Crippen LogP contribution in [0.1, 0.15) is 33.4 Å². The number of nitrogens with zero attached hydrogens (tertiary/aromatic N) is 2. The number of likely N-dealkylation sites (N-methyl/N-ethyl adjacent to an activating group) is 1. The van der Waals surface area contributed by atoms with Crippen molar-refractivity contribution >= 4 is 38.5 Å². The topological polar surface area (TPSA) is 71.5 Å². The number of hydrogen-bond acceptors (Lipinski definition) is 5. The third-order valence-corrected chi connectivity index (χ3v) is 6.76. The number of benzene rings is 3. The summed E-state index contributed by atoms with van der Waals surface area (Å²) in [6.07, 6.45) is 0. The average molecular weight is 444 g/mol. The van der Waals surface area contributed by atoms with Crippen molar-refractivity contribution in [3.8, 4) is 5.75 Å². The Bertz CT molecular complexity index is 1320. The van der Waals surface area contributed by atoms with Crippen LogP contribution in [0.15, 0.2) is 72.8 Å². The van der Waals surface area contributed by atoms with E-state index in [4.69, 9.17) is 4.74 Å². The molecule has 2 heterocycles. The number of carbonyl (C=O) groups excluding carboxylic acids is 2. The zero-order valence-electron chi connectivity index (χ0n) is 17.6. The molecular weight excluding hydrogens is 422 g/mol. The Balaban J connectivity index is 1.56. The van der Waals surface area contributed by atoms with E-state index in [9.17, 15) is 9.59 Å². The lowest BCUT2D eigenvalue weighted by Crippen LogP contribution is -2.44. The smallest absolute Gasteiger partial charge is 0.254 e. The highest BCUT2D eigenvalue weighted by atomic mass is 32.1. The Labute approximate surface area is 189 Å². The van der Waals surface area contributed by atoms with Gasteiger partial charge in [-0.25, -0.2) is 4.98 Å². The molecule has 6 nitrogen and oxygen atoms in total. The minimum absolute atomic E-state index is 0.0921. The maximum absolute atomic E-state index is 13.7. The van der Waals surface area contributed by atoms with E-state index < -0.39 is 12.0 Å². The molecule has 0 spiro atoms. The van der Waals surface area contributed by atoms with Crippen LogP contribution in [0.25, 0.3) is 10.2 Å². The number of thiazole rings is 1. The fourth-order valence-electron chi connectivity index (χ4n) is 4.29. The van der Waals surface area contributed by atoms with Gasteiger partial charge in [0.15, 0.2) is 5.13 Å². The van der Waals surface area contributed by atoms with Crippen molar-refractivity contribution < 1.29 is 14.3 Å². The van der Waals surface area contributed by atoms with Gasteiger partial charge in [-0.3, -0.25) is 9.59 Å². The molecule has 1 aliphatic rings. The summed E-state index contributed by atoms with van der Waals surface area (Å²) in [7, 11) is 3.37. The largest absolute Gasteiger partial charge is 0.497 e. The van der Waals surface area contributed by atoms with Crippen molar-refractivity contribution in [3.63, 3.8) is 0 Å². The molecule has 0 saturated carbocycles. The van der Waals surface area contributed by atoms with Crippen molar-refractivity contribution in [2.24, 2.45) is 0 Å². The maximum atomic E-state index is 13.7. The summed E-state index contributed by atoms with van der Waals surface area (Å²) in [6.45, 7) is 0. The third kappa shape index (κ3) is 3.40. The number of aromatic nitrogens is 1. The lowest BCUT2D eigenvalue weighted by molar-refractivity contribution is -0.119. The summed E-state index contributed by atoms with van der Waals surface area (Å²) in [6, 6.07) is 22.2. The van der Waals surface area contributed by atoms with Crippen molar-refractivity contribution in [2.45, 2.75) is 12.0 Å². The van der Waals surface area contributed by atoms with Crippen molar-refractivity contribution in [3.05, 3.63) is 89.5 Å². The molecule has 4 aromatic rings. The second-order valence-corrected chi connectivity index (χ2v) is 8.71. The van der Waals surface area contributed by atoms with Crippen LogP contribution in [0.2, 0.25) is 0 Å². The molecule has 0 radical (unpaired) electrons. The monoisotopic (exact) mass is 443 g/mol. The quantitative estimate of drug-likeness (QED) is 0.489. The van der Waals surface area contributed by atoms with Crippen LogP contribution >= 0.6 is 11.3 Å². The van der Waals surface area contributed by atoms with E-state index in [0.29, 0.717) is 10.7 Å². The SMILES string of the molecule is COc1ccc2nc(NC(=O)[C@@H]3c4ccccc4C(=O)N(C)[C@H]3c3ccccc3)sc2c1. The zero-order chi connectivity index (χ0) is 22.2. The fraction of sp³-hybridized carbons (Fsp3) is 0.160. The normalized spacial score (nSPS) is 17.8. The van der Waals surface area contributed by atoms with Crippen molar-refractivity contribution in [1.29, 1.82) is 0 Å². The minimum Gasteiger partial charge on any atom is -0.497 e. The summed E-state index contributed by atoms with van der Waals surface area (Å²) in [4.78, 5) is 33.0. The number of rotatable bonds is 4. The van der Waals surface area contributed by atoms with Crippen LogP contribution in [0.5, 0.6) is 5.75 Å². The summed E-state index contributed by atoms with van der Waals surface area (Å²) in [5.74, 6) is -0.121. The number of fused-ring (bicyclic) bond motifs is 2. The highest BCUT2D eigenvalue weighted by molar-refractivity contribution is 7.22. The first-order valence-electron chi connectivity index (χ1n) is 10.2. The Morgan fingerprint density at radius 2 is 1.81 bits per heavy atom. The molecule has 1 N–H and O–H groups in total. The Morgan fingerprint density at radius 3 is 2.59 bits per heavy atom. The van der Waals surface area contributed by atoms with Crippen LogP contribution in [0.3, 0.4) is 0 Å². The van der Waals surface area contributed by atoms with Crippen LogP contribution in [0, 0.1) is 0 Å². The number of hydrogen-bond donors (Lipinski definition) is 1. The van der Waals surface area contributed by atoms with Crippen LogP contribution in [-0.2, 0) is 4.79 Å². The van der Waals surface area contributed by atoms with E-state index in [2.05, 4.69) is 10.3 Å². The van der Waals surface area contributed by atoms with Gasteiger partial charge in [-0.2, -0.15) is 0 Å². The molecule has 0 saturated heterocycles. The van der Waals surface area contributed by atoms with Gasteiger partial charge in [0.1, 0.15) is 5.75 Å². The molecule has 2 amide bonds. The van der Waals surface area contributed by atoms with Gasteiger partial charge in [0, 0.05) is 12.6 Å². The van der Waals surface area contributed by atoms with Gasteiger partial charge in [0.25, 0.3) is 5.91 Å². The van der Waals surface area contributed by atoms with E-state index in [1.54, 1.807) is 25.1 Å². The maximum Gasteiger partial charge on any atom is 0.254 e. The lowest BCUT2D eigenvalue weighted by Gasteiger charge is -2.39. The lowest BCUT2D eigenvalue weighted by atomic mass is 9.79. The number of nitrogens with one attached hydrogen (secondary N) is 1. The van der Waals surface area contributed by atoms with E-state index in [1.807, 2.05) is 66.7 Å². The van der Waals surface area contributed by atoms with Crippen molar-refractivity contribution in [2.75, 3.05) is 19.5 Å². The minimum atomic E-state index is -0.571. The number of methoxy groups -OCH3 is 1. The van der Waals surface area contributed by atoms with Gasteiger partial charge in [-0.05, 0) is 35.4 Å². The van der Waals surface area contributed by atoms with Crippen LogP contribution < -0.4 is 10.1 Å². The predicted octanol–water partition coefficient (Wildman–Crippen LogP) is 4.85. The molecular formula is C25H21N3O3S. The Morgan fingerprint density at radius 1 is 1.06 bits per heavy atom. The van der Waals surface area contributed by atoms with E-state index in [1.165, 1.54) is 11.3 Å². The number of anilines is 1. The second-order valence-electron chi connectivity index (χ2n) is 7.68. The van der Waals surface area contributed by atoms with Gasteiger partial charge in [-0.1, -0.05) is 59.9 Å². The molecule has 5 rings (SSSR count). The number of amides is 2. The Kier molecular flexibility index (Phi) is 5.11.